The third-order valence-corrected chi connectivity index (χ3v) is 7.79. The van der Waals surface area contributed by atoms with Gasteiger partial charge in [0.1, 0.15) is 0 Å². The van der Waals surface area contributed by atoms with E-state index >= 15 is 0 Å². The predicted molar refractivity (Wildman–Crippen MR) is 160 cm³/mol. The summed E-state index contributed by atoms with van der Waals surface area (Å²) in [6.45, 7) is 4.77. The summed E-state index contributed by atoms with van der Waals surface area (Å²) in [7, 11) is -2.90. The van der Waals surface area contributed by atoms with Crippen molar-refractivity contribution in [2.24, 2.45) is 11.2 Å². The third kappa shape index (κ3) is 10.9. The zero-order valence-corrected chi connectivity index (χ0v) is 26.9. The lowest BCUT2D eigenvalue weighted by Gasteiger charge is -2.13. The Hall–Kier alpha value is -4.87. The van der Waals surface area contributed by atoms with E-state index in [-0.39, 0.29) is 40.3 Å². The van der Waals surface area contributed by atoms with Crippen LogP contribution in [0.25, 0.3) is 16.9 Å². The monoisotopic (exact) mass is 684 g/mol. The van der Waals surface area contributed by atoms with Gasteiger partial charge < -0.3 is 19.5 Å². The summed E-state index contributed by atoms with van der Waals surface area (Å²) in [5.41, 5.74) is 0.587. The molecule has 0 saturated carbocycles. The van der Waals surface area contributed by atoms with E-state index < -0.39 is 40.7 Å². The van der Waals surface area contributed by atoms with Gasteiger partial charge in [0.05, 0.1) is 47.4 Å². The van der Waals surface area contributed by atoms with Crippen LogP contribution in [0.4, 0.5) is 18.0 Å². The fraction of sp³-hybridized carbons (Fsp3) is 0.414. The minimum absolute atomic E-state index is 0.109. The van der Waals surface area contributed by atoms with Gasteiger partial charge in [-0.1, -0.05) is 43.7 Å². The number of hydrogen-bond acceptors (Lipinski definition) is 10. The quantitative estimate of drug-likeness (QED) is 0.0550. The molecule has 0 atom stereocenters. The molecule has 0 saturated heterocycles. The molecule has 3 aromatic rings. The maximum Gasteiger partial charge on any atom is 0.435 e. The molecule has 0 aliphatic heterocycles. The van der Waals surface area contributed by atoms with Crippen LogP contribution in [-0.4, -0.2) is 67.2 Å². The van der Waals surface area contributed by atoms with E-state index in [4.69, 9.17) is 9.47 Å². The number of carbonyl (C=O) groups excluding carboxylic acids is 2. The maximum atomic E-state index is 13.5. The van der Waals surface area contributed by atoms with Crippen molar-refractivity contribution in [2.45, 2.75) is 51.1 Å². The van der Waals surface area contributed by atoms with Gasteiger partial charge in [-0.3, -0.25) is 4.79 Å². The van der Waals surface area contributed by atoms with Crippen LogP contribution >= 0.6 is 0 Å². The first-order valence-corrected chi connectivity index (χ1v) is 15.8. The first kappa shape index (κ1) is 36.6. The number of rotatable bonds is 15. The molecule has 14 nitrogen and oxygen atoms in total. The second-order valence-electron chi connectivity index (χ2n) is 10.6. The molecule has 0 unspecified atom stereocenters. The lowest BCUT2D eigenvalue weighted by atomic mass is 10.1. The van der Waals surface area contributed by atoms with Gasteiger partial charge in [-0.2, -0.15) is 18.3 Å². The topological polar surface area (TPSA) is 167 Å². The van der Waals surface area contributed by atoms with Crippen molar-refractivity contribution < 1.29 is 50.5 Å². The van der Waals surface area contributed by atoms with E-state index in [0.717, 1.165) is 28.4 Å². The van der Waals surface area contributed by atoms with Gasteiger partial charge in [0, 0.05) is 5.56 Å². The van der Waals surface area contributed by atoms with Crippen LogP contribution in [0.5, 0.6) is 0 Å². The Balaban J connectivity index is 1.48. The van der Waals surface area contributed by atoms with Crippen LogP contribution < -0.4 is 4.72 Å². The maximum absolute atomic E-state index is 13.5. The first-order chi connectivity index (χ1) is 22.1. The molecule has 0 spiro atoms. The number of ether oxygens (including phenoxy) is 2. The second-order valence-corrected chi connectivity index (χ2v) is 12.2. The summed E-state index contributed by atoms with van der Waals surface area (Å²) in [4.78, 5) is 28.0. The average molecular weight is 685 g/mol. The summed E-state index contributed by atoms with van der Waals surface area (Å²) >= 11 is 0. The highest BCUT2D eigenvalue weighted by Gasteiger charge is 2.35. The van der Waals surface area contributed by atoms with Crippen LogP contribution in [0, 0.1) is 18.0 Å². The normalized spacial score (nSPS) is 12.1. The number of aryl methyl sites for hydroxylation is 1. The first-order valence-electron chi connectivity index (χ1n) is 14.3. The number of hydrogen-bond donors (Lipinski definition) is 1. The highest BCUT2D eigenvalue weighted by atomic mass is 32.2. The lowest BCUT2D eigenvalue weighted by Crippen LogP contribution is -2.31. The molecular weight excluding hydrogens is 649 g/mol. The Kier molecular flexibility index (Phi) is 12.5. The van der Waals surface area contributed by atoms with Crippen molar-refractivity contribution >= 4 is 22.1 Å². The molecule has 18 heteroatoms. The van der Waals surface area contributed by atoms with Crippen molar-refractivity contribution in [1.29, 1.82) is 0 Å². The van der Waals surface area contributed by atoms with Crippen molar-refractivity contribution in [3.63, 3.8) is 0 Å². The van der Waals surface area contributed by atoms with Gasteiger partial charge >= 0.3 is 18.2 Å². The SMILES string of the molecule is Cc1ccc(-c2cc(C(F)(F)F)nn2-c2ccc(S(=O)(=O)NC(=O)OCCCCCN(C)[N+]([O-])=NOCOC(=O)C(C)C)cc2)cc1. The van der Waals surface area contributed by atoms with Gasteiger partial charge in [0.15, 0.2) is 5.69 Å². The molecule has 1 amide bonds. The van der Waals surface area contributed by atoms with Crippen molar-refractivity contribution in [3.8, 4) is 16.9 Å². The number of unbranched alkanes of at least 4 members (excludes halogenated alkanes) is 2. The smallest absolute Gasteiger partial charge is 0.435 e. The predicted octanol–water partition coefficient (Wildman–Crippen LogP) is 5.35. The molecule has 2 aromatic carbocycles. The number of carbonyl (C=O) groups is 2. The summed E-state index contributed by atoms with van der Waals surface area (Å²) in [5.74, 6) is -0.848. The Bertz CT molecular complexity index is 1640. The number of nitrogens with zero attached hydrogens (tertiary/aromatic N) is 5. The largest absolute Gasteiger partial charge is 0.569 e. The molecular formula is C29H35F3N6O8S. The van der Waals surface area contributed by atoms with Crippen molar-refractivity contribution in [3.05, 3.63) is 71.1 Å². The number of halogens is 3. The van der Waals surface area contributed by atoms with E-state index in [0.29, 0.717) is 24.8 Å². The Morgan fingerprint density at radius 2 is 1.72 bits per heavy atom. The minimum atomic E-state index is -4.70. The molecule has 1 heterocycles. The molecule has 47 heavy (non-hydrogen) atoms. The molecule has 0 aliphatic rings. The molecule has 1 N–H and O–H groups in total. The van der Waals surface area contributed by atoms with Crippen LogP contribution in [0.15, 0.2) is 64.8 Å². The highest BCUT2D eigenvalue weighted by molar-refractivity contribution is 7.90. The van der Waals surface area contributed by atoms with E-state index in [1.54, 1.807) is 42.8 Å². The van der Waals surface area contributed by atoms with E-state index in [1.807, 2.05) is 6.92 Å². The molecule has 0 bridgehead atoms. The summed E-state index contributed by atoms with van der Waals surface area (Å²) in [6, 6.07) is 12.5. The van der Waals surface area contributed by atoms with Crippen molar-refractivity contribution in [1.82, 2.24) is 19.5 Å². The third-order valence-electron chi connectivity index (χ3n) is 6.46. The highest BCUT2D eigenvalue weighted by Crippen LogP contribution is 2.33. The zero-order valence-electron chi connectivity index (χ0n) is 26.1. The Labute approximate surface area is 269 Å². The number of nitrogens with one attached hydrogen (secondary N) is 1. The standard InChI is InChI=1S/C29H35F3N6O8S/c1-20(2)27(39)45-19-46-35-38(41)36(4)16-6-5-7-17-44-28(40)34-47(42,43)24-14-12-23(13-15-24)37-25(18-26(33-37)29(30,31)32)22-10-8-21(3)9-11-22/h8-15,18,20H,5-7,16-17,19H2,1-4H3,(H,34,40). The number of benzene rings is 2. The Morgan fingerprint density at radius 1 is 1.06 bits per heavy atom. The van der Waals surface area contributed by atoms with Crippen LogP contribution in [-0.2, 0) is 35.3 Å². The molecule has 3 rings (SSSR count). The van der Waals surface area contributed by atoms with Crippen LogP contribution in [0.3, 0.4) is 0 Å². The fourth-order valence-corrected chi connectivity index (χ4v) is 4.76. The van der Waals surface area contributed by atoms with E-state index in [9.17, 15) is 36.4 Å². The number of esters is 1. The van der Waals surface area contributed by atoms with Crippen LogP contribution in [0.2, 0.25) is 0 Å². The average Bonchev–Trinajstić information content (AvgIpc) is 3.47. The number of amides is 1. The minimum Gasteiger partial charge on any atom is -0.569 e. The van der Waals surface area contributed by atoms with Gasteiger partial charge in [-0.15, -0.1) is 5.01 Å². The number of aromatic nitrogens is 2. The number of alkyl halides is 3. The van der Waals surface area contributed by atoms with Crippen LogP contribution in [0.1, 0.15) is 44.4 Å². The summed E-state index contributed by atoms with van der Waals surface area (Å²) < 4.78 is 78.4. The fourth-order valence-electron chi connectivity index (χ4n) is 3.87. The van der Waals surface area contributed by atoms with Gasteiger partial charge in [-0.05, 0) is 56.5 Å². The van der Waals surface area contributed by atoms with Gasteiger partial charge in [0.2, 0.25) is 5.28 Å². The zero-order chi connectivity index (χ0) is 34.8. The van der Waals surface area contributed by atoms with E-state index in [2.05, 4.69) is 15.2 Å². The van der Waals surface area contributed by atoms with Crippen molar-refractivity contribution in [2.75, 3.05) is 27.0 Å². The molecule has 1 aromatic heterocycles. The number of hydrazine groups is 1. The molecule has 256 valence electrons. The summed E-state index contributed by atoms with van der Waals surface area (Å²) in [5, 5.41) is 20.0. The Morgan fingerprint density at radius 3 is 2.34 bits per heavy atom. The van der Waals surface area contributed by atoms with Gasteiger partial charge in [-0.25, -0.2) is 22.6 Å². The van der Waals surface area contributed by atoms with E-state index in [1.165, 1.54) is 24.2 Å². The lowest BCUT2D eigenvalue weighted by molar-refractivity contribution is -0.706. The second kappa shape index (κ2) is 16.1. The van der Waals surface area contributed by atoms with Gasteiger partial charge in [0.25, 0.3) is 16.8 Å². The molecule has 0 aliphatic carbocycles. The number of sulfonamides is 1. The molecule has 0 fully saturated rings. The summed E-state index contributed by atoms with van der Waals surface area (Å²) in [6.07, 6.45) is -4.54. The molecule has 0 radical (unpaired) electrons.